The molecule has 3 rings (SSSR count). The number of oxazole rings is 1. The lowest BCUT2D eigenvalue weighted by atomic mass is 10.2. The molecule has 5 nitrogen and oxygen atoms in total. The standard InChI is InChI=1S/C18H15BrN2O3S/c1-2-12-20-17-18(21-16(24-17)13-6-4-3-5-7-13)25(22,23)15-10-8-14(19)9-11-15/h2-11,20H,1,12H2. The third-order valence-electron chi connectivity index (χ3n) is 3.40. The first-order valence-electron chi connectivity index (χ1n) is 7.44. The second-order valence-electron chi connectivity index (χ2n) is 5.15. The lowest BCUT2D eigenvalue weighted by Gasteiger charge is -2.04. The number of nitrogens with one attached hydrogen (secondary N) is 1. The van der Waals surface area contributed by atoms with E-state index in [1.807, 2.05) is 18.2 Å². The van der Waals surface area contributed by atoms with E-state index in [0.717, 1.165) is 4.47 Å². The summed E-state index contributed by atoms with van der Waals surface area (Å²) in [6.07, 6.45) is 1.61. The quantitative estimate of drug-likeness (QED) is 0.595. The molecule has 0 aliphatic heterocycles. The summed E-state index contributed by atoms with van der Waals surface area (Å²) in [4.78, 5) is 4.38. The van der Waals surface area contributed by atoms with Crippen molar-refractivity contribution in [2.24, 2.45) is 0 Å². The van der Waals surface area contributed by atoms with Crippen molar-refractivity contribution in [2.75, 3.05) is 11.9 Å². The molecular weight excluding hydrogens is 404 g/mol. The van der Waals surface area contributed by atoms with Gasteiger partial charge in [0.2, 0.25) is 26.6 Å². The van der Waals surface area contributed by atoms with E-state index >= 15 is 0 Å². The highest BCUT2D eigenvalue weighted by molar-refractivity contribution is 9.10. The zero-order valence-corrected chi connectivity index (χ0v) is 15.5. The Hall–Kier alpha value is -2.38. The monoisotopic (exact) mass is 418 g/mol. The van der Waals surface area contributed by atoms with Crippen LogP contribution in [0.15, 0.2) is 86.1 Å². The van der Waals surface area contributed by atoms with Crippen molar-refractivity contribution in [1.29, 1.82) is 0 Å². The molecule has 0 spiro atoms. The molecule has 0 saturated heterocycles. The van der Waals surface area contributed by atoms with Gasteiger partial charge in [-0.2, -0.15) is 4.98 Å². The normalized spacial score (nSPS) is 11.2. The van der Waals surface area contributed by atoms with Gasteiger partial charge in [0, 0.05) is 16.6 Å². The SMILES string of the molecule is C=CCNc1oc(-c2ccccc2)nc1S(=O)(=O)c1ccc(Br)cc1. The highest BCUT2D eigenvalue weighted by atomic mass is 79.9. The smallest absolute Gasteiger partial charge is 0.234 e. The van der Waals surface area contributed by atoms with Crippen LogP contribution in [0.4, 0.5) is 5.88 Å². The van der Waals surface area contributed by atoms with Gasteiger partial charge in [-0.15, -0.1) is 6.58 Å². The van der Waals surface area contributed by atoms with Crippen molar-refractivity contribution in [3.05, 3.63) is 71.7 Å². The van der Waals surface area contributed by atoms with Crippen molar-refractivity contribution in [3.8, 4) is 11.5 Å². The molecule has 0 radical (unpaired) electrons. The summed E-state index contributed by atoms with van der Waals surface area (Å²) in [7, 11) is -3.83. The van der Waals surface area contributed by atoms with Crippen LogP contribution in [-0.4, -0.2) is 19.9 Å². The van der Waals surface area contributed by atoms with E-state index in [0.29, 0.717) is 12.1 Å². The number of rotatable bonds is 6. The second-order valence-corrected chi connectivity index (χ2v) is 7.93. The van der Waals surface area contributed by atoms with E-state index in [1.165, 1.54) is 12.1 Å². The molecule has 128 valence electrons. The Bertz CT molecular complexity index is 981. The van der Waals surface area contributed by atoms with Crippen LogP contribution in [0, 0.1) is 0 Å². The van der Waals surface area contributed by atoms with Crippen LogP contribution in [-0.2, 0) is 9.84 Å². The summed E-state index contributed by atoms with van der Waals surface area (Å²) in [6.45, 7) is 3.97. The molecule has 0 amide bonds. The summed E-state index contributed by atoms with van der Waals surface area (Å²) in [5, 5.41) is 2.76. The van der Waals surface area contributed by atoms with Crippen LogP contribution in [0.3, 0.4) is 0 Å². The lowest BCUT2D eigenvalue weighted by molar-refractivity contribution is 0.579. The number of benzene rings is 2. The Labute approximate surface area is 154 Å². The minimum Gasteiger partial charge on any atom is -0.419 e. The summed E-state index contributed by atoms with van der Waals surface area (Å²) in [5.41, 5.74) is 0.696. The molecule has 1 heterocycles. The predicted octanol–water partition coefficient (Wildman–Crippen LogP) is 4.53. The summed E-state index contributed by atoms with van der Waals surface area (Å²) in [6, 6.07) is 15.5. The largest absolute Gasteiger partial charge is 0.419 e. The maximum atomic E-state index is 13.0. The second kappa shape index (κ2) is 7.25. The van der Waals surface area contributed by atoms with Crippen LogP contribution < -0.4 is 5.32 Å². The van der Waals surface area contributed by atoms with Crippen molar-refractivity contribution in [2.45, 2.75) is 9.92 Å². The van der Waals surface area contributed by atoms with Crippen molar-refractivity contribution < 1.29 is 12.8 Å². The van der Waals surface area contributed by atoms with Gasteiger partial charge in [-0.25, -0.2) is 8.42 Å². The molecule has 0 fully saturated rings. The van der Waals surface area contributed by atoms with Gasteiger partial charge in [0.05, 0.1) is 4.90 Å². The molecule has 0 aliphatic carbocycles. The number of hydrogen-bond donors (Lipinski definition) is 1. The summed E-state index contributed by atoms with van der Waals surface area (Å²) < 4.78 is 32.4. The van der Waals surface area contributed by atoms with Crippen molar-refractivity contribution in [1.82, 2.24) is 4.98 Å². The number of halogens is 1. The number of sulfone groups is 1. The van der Waals surface area contributed by atoms with E-state index < -0.39 is 9.84 Å². The third kappa shape index (κ3) is 3.67. The Morgan fingerprint density at radius 1 is 1.12 bits per heavy atom. The summed E-state index contributed by atoms with van der Waals surface area (Å²) >= 11 is 3.30. The van der Waals surface area contributed by atoms with E-state index in [1.54, 1.807) is 30.3 Å². The Kier molecular flexibility index (Phi) is 5.06. The number of aromatic nitrogens is 1. The maximum Gasteiger partial charge on any atom is 0.234 e. The van der Waals surface area contributed by atoms with Gasteiger partial charge in [-0.3, -0.25) is 0 Å². The predicted molar refractivity (Wildman–Crippen MR) is 100 cm³/mol. The molecule has 25 heavy (non-hydrogen) atoms. The highest BCUT2D eigenvalue weighted by Gasteiger charge is 2.28. The van der Waals surface area contributed by atoms with Gasteiger partial charge >= 0.3 is 0 Å². The fraction of sp³-hybridized carbons (Fsp3) is 0.0556. The molecule has 0 saturated carbocycles. The highest BCUT2D eigenvalue weighted by Crippen LogP contribution is 2.32. The van der Waals surface area contributed by atoms with Crippen molar-refractivity contribution >= 4 is 31.7 Å². The molecular formula is C18H15BrN2O3S. The van der Waals surface area contributed by atoms with Crippen LogP contribution in [0.2, 0.25) is 0 Å². The molecule has 0 atom stereocenters. The molecule has 0 unspecified atom stereocenters. The molecule has 0 aliphatic rings. The number of hydrogen-bond acceptors (Lipinski definition) is 5. The topological polar surface area (TPSA) is 72.2 Å². The molecule has 2 aromatic carbocycles. The lowest BCUT2D eigenvalue weighted by Crippen LogP contribution is -2.07. The van der Waals surface area contributed by atoms with Crippen LogP contribution in [0.25, 0.3) is 11.5 Å². The minimum atomic E-state index is -3.83. The maximum absolute atomic E-state index is 13.0. The first kappa shape index (κ1) is 17.4. The fourth-order valence-corrected chi connectivity index (χ4v) is 3.74. The first-order chi connectivity index (χ1) is 12.0. The number of nitrogens with zero attached hydrogens (tertiary/aromatic N) is 1. The van der Waals surface area contributed by atoms with Gasteiger partial charge in [0.25, 0.3) is 0 Å². The van der Waals surface area contributed by atoms with Gasteiger partial charge in [0.15, 0.2) is 0 Å². The van der Waals surface area contributed by atoms with Gasteiger partial charge in [0.1, 0.15) is 0 Å². The fourth-order valence-electron chi connectivity index (χ4n) is 2.19. The van der Waals surface area contributed by atoms with Crippen molar-refractivity contribution in [3.63, 3.8) is 0 Å². The Morgan fingerprint density at radius 3 is 2.44 bits per heavy atom. The Morgan fingerprint density at radius 2 is 1.80 bits per heavy atom. The van der Waals surface area contributed by atoms with Crippen LogP contribution in [0.1, 0.15) is 0 Å². The summed E-state index contributed by atoms with van der Waals surface area (Å²) in [5.74, 6) is 0.338. The van der Waals surface area contributed by atoms with Crippen LogP contribution >= 0.6 is 15.9 Å². The van der Waals surface area contributed by atoms with E-state index in [2.05, 4.69) is 32.8 Å². The van der Waals surface area contributed by atoms with Gasteiger partial charge < -0.3 is 9.73 Å². The average Bonchev–Trinajstić information content (AvgIpc) is 3.06. The van der Waals surface area contributed by atoms with E-state index in [4.69, 9.17) is 4.42 Å². The molecule has 1 N–H and O–H groups in total. The molecule has 3 aromatic rings. The third-order valence-corrected chi connectivity index (χ3v) is 5.61. The molecule has 1 aromatic heterocycles. The zero-order chi connectivity index (χ0) is 17.9. The average molecular weight is 419 g/mol. The van der Waals surface area contributed by atoms with E-state index in [-0.39, 0.29) is 21.7 Å². The van der Waals surface area contributed by atoms with Gasteiger partial charge in [-0.05, 0) is 36.4 Å². The van der Waals surface area contributed by atoms with E-state index in [9.17, 15) is 8.42 Å². The zero-order valence-electron chi connectivity index (χ0n) is 13.1. The van der Waals surface area contributed by atoms with Crippen LogP contribution in [0.5, 0.6) is 0 Å². The first-order valence-corrected chi connectivity index (χ1v) is 9.71. The number of anilines is 1. The van der Waals surface area contributed by atoms with Gasteiger partial charge in [-0.1, -0.05) is 40.2 Å². The molecule has 7 heteroatoms. The Balaban J connectivity index is 2.11. The molecule has 0 bridgehead atoms. The minimum absolute atomic E-state index is 0.0988.